The van der Waals surface area contributed by atoms with Gasteiger partial charge in [-0.25, -0.2) is 0 Å². The number of primary amides is 1. The highest BCUT2D eigenvalue weighted by Crippen LogP contribution is 2.12. The SMILES string of the molecule is CNC(C)CNC(=O)CCOc1cccc(C(N)=O)c1.Cl. The summed E-state index contributed by atoms with van der Waals surface area (Å²) in [5, 5.41) is 5.82. The third-order valence-corrected chi connectivity index (χ3v) is 2.81. The molecule has 0 saturated carbocycles. The van der Waals surface area contributed by atoms with Gasteiger partial charge >= 0.3 is 0 Å². The maximum absolute atomic E-state index is 11.5. The van der Waals surface area contributed by atoms with Crippen LogP contribution in [0.5, 0.6) is 5.75 Å². The second kappa shape index (κ2) is 10.0. The molecule has 0 saturated heterocycles. The van der Waals surface area contributed by atoms with E-state index in [0.29, 0.717) is 17.9 Å². The van der Waals surface area contributed by atoms with Crippen molar-refractivity contribution >= 4 is 24.2 Å². The molecule has 0 radical (unpaired) electrons. The Bertz CT molecular complexity index is 469. The molecular weight excluding hydrogens is 294 g/mol. The Hall–Kier alpha value is -1.79. The number of nitrogens with two attached hydrogens (primary N) is 1. The highest BCUT2D eigenvalue weighted by molar-refractivity contribution is 5.93. The molecule has 4 N–H and O–H groups in total. The standard InChI is InChI=1S/C14H21N3O3.ClH/c1-10(16-2)9-17-13(18)6-7-20-12-5-3-4-11(8-12)14(15)19;/h3-5,8,10,16H,6-7,9H2,1-2H3,(H2,15,19)(H,17,18);1H. The molecule has 0 spiro atoms. The van der Waals surface area contributed by atoms with Gasteiger partial charge < -0.3 is 21.1 Å². The van der Waals surface area contributed by atoms with Gasteiger partial charge in [0.15, 0.2) is 0 Å². The number of halogens is 1. The smallest absolute Gasteiger partial charge is 0.248 e. The van der Waals surface area contributed by atoms with Crippen LogP contribution in [0, 0.1) is 0 Å². The van der Waals surface area contributed by atoms with E-state index >= 15 is 0 Å². The van der Waals surface area contributed by atoms with Crippen molar-refractivity contribution in [3.63, 3.8) is 0 Å². The summed E-state index contributed by atoms with van der Waals surface area (Å²) in [4.78, 5) is 22.5. The fourth-order valence-electron chi connectivity index (χ4n) is 1.46. The van der Waals surface area contributed by atoms with Crippen molar-refractivity contribution in [2.45, 2.75) is 19.4 Å². The van der Waals surface area contributed by atoms with Gasteiger partial charge in [-0.05, 0) is 32.2 Å². The number of carbonyl (C=O) groups excluding carboxylic acids is 2. The molecule has 1 unspecified atom stereocenters. The molecule has 6 nitrogen and oxygen atoms in total. The summed E-state index contributed by atoms with van der Waals surface area (Å²) in [5.41, 5.74) is 5.56. The van der Waals surface area contributed by atoms with Gasteiger partial charge in [0.05, 0.1) is 13.0 Å². The Kier molecular flexibility index (Phi) is 9.16. The molecule has 0 fully saturated rings. The molecule has 1 rings (SSSR count). The zero-order valence-corrected chi connectivity index (χ0v) is 13.0. The van der Waals surface area contributed by atoms with Crippen LogP contribution in [0.25, 0.3) is 0 Å². The number of benzene rings is 1. The summed E-state index contributed by atoms with van der Waals surface area (Å²) in [6, 6.07) is 6.80. The minimum absolute atomic E-state index is 0. The molecule has 2 amide bonds. The van der Waals surface area contributed by atoms with Crippen molar-refractivity contribution in [1.29, 1.82) is 0 Å². The molecule has 0 aliphatic heterocycles. The molecule has 0 bridgehead atoms. The van der Waals surface area contributed by atoms with Crippen LogP contribution in [0.3, 0.4) is 0 Å². The van der Waals surface area contributed by atoms with Gasteiger partial charge in [0.2, 0.25) is 11.8 Å². The average Bonchev–Trinajstić information content (AvgIpc) is 2.45. The highest BCUT2D eigenvalue weighted by atomic mass is 35.5. The van der Waals surface area contributed by atoms with Crippen molar-refractivity contribution < 1.29 is 14.3 Å². The first kappa shape index (κ1) is 19.2. The van der Waals surface area contributed by atoms with Crippen molar-refractivity contribution in [3.05, 3.63) is 29.8 Å². The minimum Gasteiger partial charge on any atom is -0.493 e. The number of likely N-dealkylation sites (N-methyl/N-ethyl adjacent to an activating group) is 1. The first-order valence-electron chi connectivity index (χ1n) is 6.49. The van der Waals surface area contributed by atoms with E-state index in [1.165, 1.54) is 0 Å². The van der Waals surface area contributed by atoms with Crippen LogP contribution < -0.4 is 21.1 Å². The molecule has 0 aromatic heterocycles. The summed E-state index contributed by atoms with van der Waals surface area (Å²) in [6.45, 7) is 2.81. The first-order chi connectivity index (χ1) is 9.52. The van der Waals surface area contributed by atoms with Crippen LogP contribution in [-0.4, -0.2) is 38.1 Å². The number of hydrogen-bond acceptors (Lipinski definition) is 4. The van der Waals surface area contributed by atoms with Gasteiger partial charge in [0.25, 0.3) is 0 Å². The lowest BCUT2D eigenvalue weighted by atomic mass is 10.2. The number of carbonyl (C=O) groups is 2. The van der Waals surface area contributed by atoms with E-state index in [1.54, 1.807) is 24.3 Å². The quantitative estimate of drug-likeness (QED) is 0.658. The van der Waals surface area contributed by atoms with Gasteiger partial charge in [-0.15, -0.1) is 12.4 Å². The van der Waals surface area contributed by atoms with Gasteiger partial charge in [-0.1, -0.05) is 6.07 Å². The normalized spacial score (nSPS) is 11.1. The van der Waals surface area contributed by atoms with Gasteiger partial charge in [-0.2, -0.15) is 0 Å². The Labute approximate surface area is 130 Å². The Morgan fingerprint density at radius 3 is 2.71 bits per heavy atom. The molecule has 7 heteroatoms. The van der Waals surface area contributed by atoms with Crippen molar-refractivity contribution in [2.75, 3.05) is 20.2 Å². The lowest BCUT2D eigenvalue weighted by Crippen LogP contribution is -2.37. The van der Waals surface area contributed by atoms with Crippen molar-refractivity contribution in [2.24, 2.45) is 5.73 Å². The zero-order valence-electron chi connectivity index (χ0n) is 12.2. The maximum atomic E-state index is 11.5. The van der Waals surface area contributed by atoms with Crippen LogP contribution in [0.15, 0.2) is 24.3 Å². The van der Waals surface area contributed by atoms with Crippen LogP contribution in [0.2, 0.25) is 0 Å². The van der Waals surface area contributed by atoms with Crippen LogP contribution >= 0.6 is 12.4 Å². The molecule has 1 aromatic rings. The number of rotatable bonds is 8. The Balaban J connectivity index is 0.00000400. The number of hydrogen-bond donors (Lipinski definition) is 3. The van der Waals surface area contributed by atoms with Crippen molar-refractivity contribution in [3.8, 4) is 5.75 Å². The maximum Gasteiger partial charge on any atom is 0.248 e. The molecule has 0 aliphatic rings. The Morgan fingerprint density at radius 2 is 2.10 bits per heavy atom. The molecule has 1 aromatic carbocycles. The van der Waals surface area contributed by atoms with E-state index in [4.69, 9.17) is 10.5 Å². The number of ether oxygens (including phenoxy) is 1. The van der Waals surface area contributed by atoms with Gasteiger partial charge in [0.1, 0.15) is 5.75 Å². The zero-order chi connectivity index (χ0) is 15.0. The van der Waals surface area contributed by atoms with E-state index < -0.39 is 5.91 Å². The lowest BCUT2D eigenvalue weighted by Gasteiger charge is -2.11. The summed E-state index contributed by atoms with van der Waals surface area (Å²) >= 11 is 0. The molecule has 118 valence electrons. The predicted molar refractivity (Wildman–Crippen MR) is 83.9 cm³/mol. The fraction of sp³-hybridized carbons (Fsp3) is 0.429. The average molecular weight is 316 g/mol. The van der Waals surface area contributed by atoms with Crippen LogP contribution in [-0.2, 0) is 4.79 Å². The molecule has 21 heavy (non-hydrogen) atoms. The second-order valence-electron chi connectivity index (χ2n) is 4.48. The van der Waals surface area contributed by atoms with Crippen LogP contribution in [0.4, 0.5) is 0 Å². The van der Waals surface area contributed by atoms with Gasteiger partial charge in [-0.3, -0.25) is 9.59 Å². The molecular formula is C14H22ClN3O3. The number of amides is 2. The number of nitrogens with one attached hydrogen (secondary N) is 2. The molecule has 1 atom stereocenters. The van der Waals surface area contributed by atoms with E-state index in [2.05, 4.69) is 10.6 Å². The topological polar surface area (TPSA) is 93.4 Å². The largest absolute Gasteiger partial charge is 0.493 e. The summed E-state index contributed by atoms with van der Waals surface area (Å²) in [5.74, 6) is -0.0508. The van der Waals surface area contributed by atoms with Crippen molar-refractivity contribution in [1.82, 2.24) is 10.6 Å². The Morgan fingerprint density at radius 1 is 1.38 bits per heavy atom. The van der Waals surface area contributed by atoms with Crippen LogP contribution in [0.1, 0.15) is 23.7 Å². The monoisotopic (exact) mass is 315 g/mol. The van der Waals surface area contributed by atoms with E-state index in [-0.39, 0.29) is 37.4 Å². The lowest BCUT2D eigenvalue weighted by molar-refractivity contribution is -0.121. The third-order valence-electron chi connectivity index (χ3n) is 2.81. The van der Waals surface area contributed by atoms with E-state index in [1.807, 2.05) is 14.0 Å². The predicted octanol–water partition coefficient (Wildman–Crippen LogP) is 0.700. The molecule has 0 heterocycles. The van der Waals surface area contributed by atoms with E-state index in [9.17, 15) is 9.59 Å². The fourth-order valence-corrected chi connectivity index (χ4v) is 1.46. The second-order valence-corrected chi connectivity index (χ2v) is 4.48. The molecule has 0 aliphatic carbocycles. The third kappa shape index (κ3) is 7.53. The minimum atomic E-state index is -0.505. The van der Waals surface area contributed by atoms with Gasteiger partial charge in [0, 0.05) is 18.2 Å². The first-order valence-corrected chi connectivity index (χ1v) is 6.49. The summed E-state index contributed by atoms with van der Waals surface area (Å²) in [7, 11) is 1.84. The highest BCUT2D eigenvalue weighted by Gasteiger charge is 2.05. The summed E-state index contributed by atoms with van der Waals surface area (Å²) < 4.78 is 5.42. The summed E-state index contributed by atoms with van der Waals surface area (Å²) in [6.07, 6.45) is 0.261. The van der Waals surface area contributed by atoms with E-state index in [0.717, 1.165) is 0 Å².